The van der Waals surface area contributed by atoms with Gasteiger partial charge < -0.3 is 18.9 Å². The molecule has 3 aliphatic rings. The molecule has 1 saturated carbocycles. The van der Waals surface area contributed by atoms with Crippen LogP contribution in [0.2, 0.25) is 0 Å². The van der Waals surface area contributed by atoms with Gasteiger partial charge in [0.2, 0.25) is 13.6 Å². The van der Waals surface area contributed by atoms with E-state index in [1.54, 1.807) is 0 Å². The fourth-order valence-electron chi connectivity index (χ4n) is 3.39. The van der Waals surface area contributed by atoms with E-state index in [0.29, 0.717) is 0 Å². The highest BCUT2D eigenvalue weighted by molar-refractivity contribution is 6.15. The maximum atomic E-state index is 12.7. The molecular weight excluding hydrogens is 332 g/mol. The molecule has 5 nitrogen and oxygen atoms in total. The second-order valence-electron chi connectivity index (χ2n) is 6.39. The number of fused-ring (bicyclic) bond motifs is 2. The molecule has 0 N–H and O–H groups in total. The number of ether oxygens (including phenoxy) is 4. The third-order valence-corrected chi connectivity index (χ3v) is 4.72. The number of allylic oxidation sites excluding steroid dienone is 2. The van der Waals surface area contributed by atoms with E-state index in [1.807, 2.05) is 48.6 Å². The average Bonchev–Trinajstić information content (AvgIpc) is 3.37. The fourth-order valence-corrected chi connectivity index (χ4v) is 3.39. The summed E-state index contributed by atoms with van der Waals surface area (Å²) >= 11 is 0. The summed E-state index contributed by atoms with van der Waals surface area (Å²) in [6.45, 7) is 0.493. The molecule has 5 rings (SSSR count). The van der Waals surface area contributed by atoms with Crippen LogP contribution < -0.4 is 18.9 Å². The Hall–Kier alpha value is -3.21. The molecule has 2 heterocycles. The molecule has 0 atom stereocenters. The van der Waals surface area contributed by atoms with Gasteiger partial charge in [0.25, 0.3) is 0 Å². The number of hydrogen-bond donors (Lipinski definition) is 0. The van der Waals surface area contributed by atoms with Gasteiger partial charge in [-0.3, -0.25) is 4.79 Å². The second kappa shape index (κ2) is 5.95. The molecule has 0 aromatic heterocycles. The van der Waals surface area contributed by atoms with Crippen molar-refractivity contribution in [2.75, 3.05) is 13.6 Å². The Bertz CT molecular complexity index is 893. The summed E-state index contributed by atoms with van der Waals surface area (Å²) in [5.74, 6) is 3.03. The van der Waals surface area contributed by atoms with Gasteiger partial charge in [0, 0.05) is 11.1 Å². The summed E-state index contributed by atoms with van der Waals surface area (Å²) in [5, 5.41) is 0. The minimum Gasteiger partial charge on any atom is -0.454 e. The van der Waals surface area contributed by atoms with E-state index in [-0.39, 0.29) is 19.4 Å². The molecule has 2 aromatic rings. The van der Waals surface area contributed by atoms with Gasteiger partial charge in [0.15, 0.2) is 28.8 Å². The van der Waals surface area contributed by atoms with Crippen LogP contribution in [0.1, 0.15) is 24.0 Å². The van der Waals surface area contributed by atoms with Crippen LogP contribution in [-0.2, 0) is 4.79 Å². The van der Waals surface area contributed by atoms with Gasteiger partial charge in [-0.2, -0.15) is 0 Å². The standard InChI is InChI=1S/C21H16O5/c22-21-15(7-13-1-5-17-19(9-13)25-11-23-17)3-4-16(21)8-14-2-6-18-20(10-14)26-12-24-18/h1-2,5-10H,3-4,11-12H2/b15-7+,16-8+. The Morgan fingerprint density at radius 2 is 1.12 bits per heavy atom. The van der Waals surface area contributed by atoms with Gasteiger partial charge in [-0.05, 0) is 60.4 Å². The molecular formula is C21H16O5. The minimum absolute atomic E-state index is 0.0975. The maximum absolute atomic E-state index is 12.7. The molecule has 0 unspecified atom stereocenters. The van der Waals surface area contributed by atoms with Gasteiger partial charge in [-0.1, -0.05) is 12.1 Å². The first-order valence-corrected chi connectivity index (χ1v) is 8.51. The lowest BCUT2D eigenvalue weighted by atomic mass is 10.1. The Kier molecular flexibility index (Phi) is 3.45. The Morgan fingerprint density at radius 3 is 1.62 bits per heavy atom. The maximum Gasteiger partial charge on any atom is 0.231 e. The van der Waals surface area contributed by atoms with Crippen LogP contribution in [0.15, 0.2) is 47.5 Å². The minimum atomic E-state index is 0.0975. The van der Waals surface area contributed by atoms with Crippen LogP contribution in [0.3, 0.4) is 0 Å². The summed E-state index contributed by atoms with van der Waals surface area (Å²) in [4.78, 5) is 12.7. The number of hydrogen-bond acceptors (Lipinski definition) is 5. The predicted octanol–water partition coefficient (Wildman–Crippen LogP) is 3.97. The summed E-state index contributed by atoms with van der Waals surface area (Å²) in [5.41, 5.74) is 3.52. The topological polar surface area (TPSA) is 54.0 Å². The molecule has 2 aliphatic heterocycles. The average molecular weight is 348 g/mol. The Morgan fingerprint density at radius 1 is 0.654 bits per heavy atom. The van der Waals surface area contributed by atoms with Crippen LogP contribution >= 0.6 is 0 Å². The van der Waals surface area contributed by atoms with Crippen LogP contribution in [0.4, 0.5) is 0 Å². The largest absolute Gasteiger partial charge is 0.454 e. The number of carbonyl (C=O) groups is 1. The summed E-state index contributed by atoms with van der Waals surface area (Å²) < 4.78 is 21.4. The highest BCUT2D eigenvalue weighted by Gasteiger charge is 2.24. The summed E-state index contributed by atoms with van der Waals surface area (Å²) in [6, 6.07) is 11.4. The van der Waals surface area contributed by atoms with Crippen molar-refractivity contribution in [3.05, 3.63) is 58.7 Å². The zero-order valence-corrected chi connectivity index (χ0v) is 14.0. The number of benzene rings is 2. The van der Waals surface area contributed by atoms with E-state index in [1.165, 1.54) is 0 Å². The molecule has 0 bridgehead atoms. The number of carbonyl (C=O) groups excluding carboxylic acids is 1. The smallest absolute Gasteiger partial charge is 0.231 e. The number of rotatable bonds is 2. The zero-order valence-electron chi connectivity index (χ0n) is 14.0. The monoisotopic (exact) mass is 348 g/mol. The Balaban J connectivity index is 1.40. The quantitative estimate of drug-likeness (QED) is 0.769. The predicted molar refractivity (Wildman–Crippen MR) is 95.3 cm³/mol. The molecule has 0 radical (unpaired) electrons. The van der Waals surface area contributed by atoms with Gasteiger partial charge >= 0.3 is 0 Å². The van der Waals surface area contributed by atoms with E-state index in [0.717, 1.165) is 58.1 Å². The second-order valence-corrected chi connectivity index (χ2v) is 6.39. The number of ketones is 1. The van der Waals surface area contributed by atoms with Crippen LogP contribution in [0, 0.1) is 0 Å². The first kappa shape index (κ1) is 15.1. The van der Waals surface area contributed by atoms with E-state index in [9.17, 15) is 4.79 Å². The highest BCUT2D eigenvalue weighted by atomic mass is 16.7. The van der Waals surface area contributed by atoms with Gasteiger partial charge in [-0.15, -0.1) is 0 Å². The lowest BCUT2D eigenvalue weighted by Crippen LogP contribution is -1.95. The van der Waals surface area contributed by atoms with Crippen molar-refractivity contribution in [1.29, 1.82) is 0 Å². The van der Waals surface area contributed by atoms with Crippen molar-refractivity contribution in [2.24, 2.45) is 0 Å². The molecule has 130 valence electrons. The highest BCUT2D eigenvalue weighted by Crippen LogP contribution is 2.36. The van der Waals surface area contributed by atoms with Crippen molar-refractivity contribution in [2.45, 2.75) is 12.8 Å². The zero-order chi connectivity index (χ0) is 17.5. The van der Waals surface area contributed by atoms with Crippen molar-refractivity contribution < 1.29 is 23.7 Å². The normalized spacial score (nSPS) is 20.4. The van der Waals surface area contributed by atoms with E-state index in [2.05, 4.69) is 0 Å². The van der Waals surface area contributed by atoms with E-state index in [4.69, 9.17) is 18.9 Å². The molecule has 0 amide bonds. The van der Waals surface area contributed by atoms with Crippen molar-refractivity contribution >= 4 is 17.9 Å². The first-order valence-electron chi connectivity index (χ1n) is 8.51. The summed E-state index contributed by atoms with van der Waals surface area (Å²) in [7, 11) is 0. The molecule has 2 aromatic carbocycles. The van der Waals surface area contributed by atoms with Crippen LogP contribution in [-0.4, -0.2) is 19.4 Å². The molecule has 0 spiro atoms. The van der Waals surface area contributed by atoms with E-state index < -0.39 is 0 Å². The lowest BCUT2D eigenvalue weighted by Gasteiger charge is -2.01. The molecule has 0 saturated heterocycles. The fraction of sp³-hybridized carbons (Fsp3) is 0.190. The Labute approximate surface area is 150 Å². The van der Waals surface area contributed by atoms with Crippen LogP contribution in [0.5, 0.6) is 23.0 Å². The van der Waals surface area contributed by atoms with Gasteiger partial charge in [-0.25, -0.2) is 0 Å². The van der Waals surface area contributed by atoms with Gasteiger partial charge in [0.05, 0.1) is 0 Å². The number of Topliss-reactive ketones (excluding diaryl/α,β-unsaturated/α-hetero) is 1. The van der Waals surface area contributed by atoms with Crippen molar-refractivity contribution in [1.82, 2.24) is 0 Å². The van der Waals surface area contributed by atoms with Crippen LogP contribution in [0.25, 0.3) is 12.2 Å². The first-order chi connectivity index (χ1) is 12.8. The van der Waals surface area contributed by atoms with Crippen molar-refractivity contribution in [3.63, 3.8) is 0 Å². The van der Waals surface area contributed by atoms with Crippen molar-refractivity contribution in [3.8, 4) is 23.0 Å². The third-order valence-electron chi connectivity index (χ3n) is 4.72. The molecule has 5 heteroatoms. The SMILES string of the molecule is O=C1/C(=C/c2ccc3c(c2)OCO3)CC/C1=C\c1ccc2c(c1)OCO2. The molecule has 1 aliphatic carbocycles. The summed E-state index contributed by atoms with van der Waals surface area (Å²) in [6.07, 6.45) is 5.35. The lowest BCUT2D eigenvalue weighted by molar-refractivity contribution is -0.111. The van der Waals surface area contributed by atoms with E-state index >= 15 is 0 Å². The molecule has 26 heavy (non-hydrogen) atoms. The molecule has 1 fully saturated rings. The van der Waals surface area contributed by atoms with Gasteiger partial charge in [0.1, 0.15) is 0 Å². The third kappa shape index (κ3) is 2.62.